The van der Waals surface area contributed by atoms with Gasteiger partial charge < -0.3 is 10.5 Å². The highest BCUT2D eigenvalue weighted by Gasteiger charge is 2.18. The quantitative estimate of drug-likeness (QED) is 0.831. The Kier molecular flexibility index (Phi) is 4.17. The minimum absolute atomic E-state index is 0.372. The summed E-state index contributed by atoms with van der Waals surface area (Å²) in [6.45, 7) is 5.01. The molecule has 1 aliphatic rings. The van der Waals surface area contributed by atoms with E-state index in [-0.39, 0.29) is 0 Å². The molecule has 0 unspecified atom stereocenters. The van der Waals surface area contributed by atoms with E-state index in [0.717, 1.165) is 36.9 Å². The topological polar surface area (TPSA) is 48.1 Å². The monoisotopic (exact) mass is 264 g/mol. The van der Waals surface area contributed by atoms with Crippen molar-refractivity contribution < 1.29 is 4.74 Å². The minimum atomic E-state index is 0.372. The van der Waals surface area contributed by atoms with Gasteiger partial charge in [0, 0.05) is 5.69 Å². The van der Waals surface area contributed by atoms with Crippen LogP contribution in [-0.4, -0.2) is 16.6 Å². The summed E-state index contributed by atoms with van der Waals surface area (Å²) in [5, 5.41) is 0. The molecule has 0 bridgehead atoms. The van der Waals surface area contributed by atoms with Gasteiger partial charge in [-0.15, -0.1) is 0 Å². The molecule has 2 N–H and O–H groups in total. The van der Waals surface area contributed by atoms with Crippen LogP contribution in [0.15, 0.2) is 6.07 Å². The van der Waals surface area contributed by atoms with E-state index in [0.29, 0.717) is 23.4 Å². The average Bonchev–Trinajstić information content (AvgIpc) is 2.74. The van der Waals surface area contributed by atoms with E-state index >= 15 is 0 Å². The van der Waals surface area contributed by atoms with Gasteiger partial charge in [-0.2, -0.15) is 0 Å². The van der Waals surface area contributed by atoms with Crippen molar-refractivity contribution >= 4 is 17.2 Å². The number of aryl methyl sites for hydroxylation is 2. The third-order valence-electron chi connectivity index (χ3n) is 3.22. The molecule has 1 aromatic heterocycles. The Morgan fingerprint density at radius 3 is 2.94 bits per heavy atom. The van der Waals surface area contributed by atoms with E-state index in [1.54, 1.807) is 0 Å². The number of ether oxygens (including phenoxy) is 1. The normalized spacial score (nSPS) is 13.7. The van der Waals surface area contributed by atoms with Crippen LogP contribution in [0.1, 0.15) is 43.5 Å². The first-order valence-corrected chi connectivity index (χ1v) is 6.94. The molecule has 0 fully saturated rings. The summed E-state index contributed by atoms with van der Waals surface area (Å²) < 4.78 is 5.76. The highest BCUT2D eigenvalue weighted by molar-refractivity contribution is 7.80. The molecule has 1 heterocycles. The zero-order chi connectivity index (χ0) is 13.1. The Morgan fingerprint density at radius 1 is 1.50 bits per heavy atom. The highest BCUT2D eigenvalue weighted by Crippen LogP contribution is 2.26. The second-order valence-corrected chi connectivity index (χ2v) is 5.64. The summed E-state index contributed by atoms with van der Waals surface area (Å²) in [7, 11) is 0. The number of hydrogen-bond donors (Lipinski definition) is 1. The maximum atomic E-state index is 5.76. The molecule has 0 radical (unpaired) electrons. The second kappa shape index (κ2) is 5.65. The lowest BCUT2D eigenvalue weighted by Crippen LogP contribution is -2.15. The SMILES string of the molecule is CC(C)CCOc1nc2c(cc1C(N)=S)CCC2. The number of nitrogens with two attached hydrogens (primary N) is 1. The first kappa shape index (κ1) is 13.3. The van der Waals surface area contributed by atoms with E-state index < -0.39 is 0 Å². The van der Waals surface area contributed by atoms with Gasteiger partial charge in [0.15, 0.2) is 0 Å². The van der Waals surface area contributed by atoms with Crippen molar-refractivity contribution in [1.82, 2.24) is 4.98 Å². The molecule has 0 atom stereocenters. The van der Waals surface area contributed by atoms with Crippen molar-refractivity contribution in [2.24, 2.45) is 11.7 Å². The lowest BCUT2D eigenvalue weighted by atomic mass is 10.1. The highest BCUT2D eigenvalue weighted by atomic mass is 32.1. The molecular weight excluding hydrogens is 244 g/mol. The summed E-state index contributed by atoms with van der Waals surface area (Å²) in [4.78, 5) is 4.95. The predicted octanol–water partition coefficient (Wildman–Crippen LogP) is 2.63. The summed E-state index contributed by atoms with van der Waals surface area (Å²) in [6.07, 6.45) is 4.28. The molecule has 2 rings (SSSR count). The van der Waals surface area contributed by atoms with Crippen LogP contribution in [0.3, 0.4) is 0 Å². The van der Waals surface area contributed by atoms with Gasteiger partial charge in [-0.1, -0.05) is 26.1 Å². The van der Waals surface area contributed by atoms with Crippen LogP contribution in [0.25, 0.3) is 0 Å². The lowest BCUT2D eigenvalue weighted by Gasteiger charge is -2.12. The molecule has 1 aromatic rings. The van der Waals surface area contributed by atoms with E-state index in [9.17, 15) is 0 Å². The van der Waals surface area contributed by atoms with Gasteiger partial charge in [0.05, 0.1) is 12.2 Å². The first-order valence-electron chi connectivity index (χ1n) is 6.53. The molecule has 0 spiro atoms. The fraction of sp³-hybridized carbons (Fsp3) is 0.571. The first-order chi connectivity index (χ1) is 8.58. The van der Waals surface area contributed by atoms with Gasteiger partial charge >= 0.3 is 0 Å². The Hall–Kier alpha value is -1.16. The van der Waals surface area contributed by atoms with E-state index in [1.165, 1.54) is 5.56 Å². The Morgan fingerprint density at radius 2 is 2.28 bits per heavy atom. The van der Waals surface area contributed by atoms with Crippen molar-refractivity contribution in [3.63, 3.8) is 0 Å². The standard InChI is InChI=1S/C14H20N2OS/c1-9(2)6-7-17-14-11(13(15)18)8-10-4-3-5-12(10)16-14/h8-9H,3-7H2,1-2H3,(H2,15,18). The average molecular weight is 264 g/mol. The van der Waals surface area contributed by atoms with Gasteiger partial charge in [-0.3, -0.25) is 0 Å². The summed E-state index contributed by atoms with van der Waals surface area (Å²) in [6, 6.07) is 2.06. The second-order valence-electron chi connectivity index (χ2n) is 5.20. The minimum Gasteiger partial charge on any atom is -0.477 e. The molecule has 0 saturated carbocycles. The lowest BCUT2D eigenvalue weighted by molar-refractivity contribution is 0.278. The van der Waals surface area contributed by atoms with E-state index in [4.69, 9.17) is 22.7 Å². The molecule has 1 aliphatic carbocycles. The van der Waals surface area contributed by atoms with Crippen molar-refractivity contribution in [2.75, 3.05) is 6.61 Å². The molecule has 98 valence electrons. The molecule has 18 heavy (non-hydrogen) atoms. The maximum Gasteiger partial charge on any atom is 0.224 e. The van der Waals surface area contributed by atoms with Gasteiger partial charge in [0.25, 0.3) is 0 Å². The van der Waals surface area contributed by atoms with Gasteiger partial charge in [-0.05, 0) is 43.2 Å². The van der Waals surface area contributed by atoms with Crippen LogP contribution in [-0.2, 0) is 12.8 Å². The van der Waals surface area contributed by atoms with Gasteiger partial charge in [-0.25, -0.2) is 4.98 Å². The fourth-order valence-electron chi connectivity index (χ4n) is 2.13. The number of rotatable bonds is 5. The molecule has 0 aliphatic heterocycles. The Balaban J connectivity index is 2.19. The van der Waals surface area contributed by atoms with Crippen LogP contribution in [0.5, 0.6) is 5.88 Å². The molecule has 4 heteroatoms. The third kappa shape index (κ3) is 2.99. The summed E-state index contributed by atoms with van der Waals surface area (Å²) >= 11 is 5.08. The van der Waals surface area contributed by atoms with Crippen LogP contribution >= 0.6 is 12.2 Å². The maximum absolute atomic E-state index is 5.76. The van der Waals surface area contributed by atoms with Crippen LogP contribution < -0.4 is 10.5 Å². The fourth-order valence-corrected chi connectivity index (χ4v) is 2.28. The van der Waals surface area contributed by atoms with Gasteiger partial charge in [0.1, 0.15) is 4.99 Å². The molecular formula is C14H20N2OS. The third-order valence-corrected chi connectivity index (χ3v) is 3.44. The van der Waals surface area contributed by atoms with Crippen molar-refractivity contribution in [3.8, 4) is 5.88 Å². The van der Waals surface area contributed by atoms with Crippen molar-refractivity contribution in [2.45, 2.75) is 39.5 Å². The number of pyridine rings is 1. The number of thiocarbonyl (C=S) groups is 1. The zero-order valence-corrected chi connectivity index (χ0v) is 11.8. The number of nitrogens with zero attached hydrogens (tertiary/aromatic N) is 1. The largest absolute Gasteiger partial charge is 0.477 e. The number of fused-ring (bicyclic) bond motifs is 1. The summed E-state index contributed by atoms with van der Waals surface area (Å²) in [5.74, 6) is 1.23. The predicted molar refractivity (Wildman–Crippen MR) is 77.1 cm³/mol. The molecule has 0 saturated heterocycles. The number of aromatic nitrogens is 1. The zero-order valence-electron chi connectivity index (χ0n) is 11.0. The summed E-state index contributed by atoms with van der Waals surface area (Å²) in [5.41, 5.74) is 8.96. The van der Waals surface area contributed by atoms with E-state index in [2.05, 4.69) is 24.9 Å². The Bertz CT molecular complexity index is 457. The van der Waals surface area contributed by atoms with E-state index in [1.807, 2.05) is 0 Å². The van der Waals surface area contributed by atoms with Crippen LogP contribution in [0.2, 0.25) is 0 Å². The van der Waals surface area contributed by atoms with Gasteiger partial charge in [0.2, 0.25) is 5.88 Å². The smallest absolute Gasteiger partial charge is 0.224 e. The molecule has 0 aromatic carbocycles. The van der Waals surface area contributed by atoms with Crippen LogP contribution in [0.4, 0.5) is 0 Å². The van der Waals surface area contributed by atoms with Crippen molar-refractivity contribution in [1.29, 1.82) is 0 Å². The van der Waals surface area contributed by atoms with Crippen LogP contribution in [0, 0.1) is 5.92 Å². The Labute approximate surface area is 114 Å². The molecule has 0 amide bonds. The van der Waals surface area contributed by atoms with Crippen molar-refractivity contribution in [3.05, 3.63) is 22.9 Å². The molecule has 3 nitrogen and oxygen atoms in total. The number of hydrogen-bond acceptors (Lipinski definition) is 3.